The van der Waals surface area contributed by atoms with Crippen molar-refractivity contribution in [3.05, 3.63) is 29.8 Å². The number of ether oxygens (including phenoxy) is 2. The number of benzene rings is 1. The van der Waals surface area contributed by atoms with Gasteiger partial charge in [-0.3, -0.25) is 0 Å². The second-order valence-corrected chi connectivity index (χ2v) is 9.57. The van der Waals surface area contributed by atoms with Crippen molar-refractivity contribution in [2.45, 2.75) is 55.9 Å². The molecule has 0 N–H and O–H groups in total. The zero-order chi connectivity index (χ0) is 20.4. The minimum Gasteiger partial charge on any atom is -0.493 e. The van der Waals surface area contributed by atoms with Crippen molar-refractivity contribution in [2.24, 2.45) is 0 Å². The van der Waals surface area contributed by atoms with Crippen molar-refractivity contribution in [2.75, 3.05) is 27.3 Å². The van der Waals surface area contributed by atoms with E-state index in [0.29, 0.717) is 24.6 Å². The van der Waals surface area contributed by atoms with Gasteiger partial charge >= 0.3 is 0 Å². The minimum absolute atomic E-state index is 0.227. The molecule has 2 aromatic rings. The first-order valence-corrected chi connectivity index (χ1v) is 11.6. The first kappa shape index (κ1) is 20.2. The van der Waals surface area contributed by atoms with E-state index in [4.69, 9.17) is 9.47 Å². The number of hydrogen-bond acceptors (Lipinski definition) is 6. The first-order chi connectivity index (χ1) is 14.0. The summed E-state index contributed by atoms with van der Waals surface area (Å²) in [6.45, 7) is 1.93. The highest BCUT2D eigenvalue weighted by Gasteiger charge is 2.33. The van der Waals surface area contributed by atoms with E-state index in [1.165, 1.54) is 33.1 Å². The van der Waals surface area contributed by atoms with Crippen molar-refractivity contribution in [1.29, 1.82) is 0 Å². The first-order valence-electron chi connectivity index (χ1n) is 10.2. The smallest absolute Gasteiger partial charge is 0.243 e. The summed E-state index contributed by atoms with van der Waals surface area (Å²) in [6.07, 6.45) is 6.05. The van der Waals surface area contributed by atoms with Crippen LogP contribution in [-0.2, 0) is 23.0 Å². The number of sulfonamides is 1. The van der Waals surface area contributed by atoms with Gasteiger partial charge in [0, 0.05) is 38.0 Å². The Morgan fingerprint density at radius 2 is 1.72 bits per heavy atom. The lowest BCUT2D eigenvalue weighted by Gasteiger charge is -2.31. The molecule has 158 valence electrons. The second kappa shape index (κ2) is 8.31. The summed E-state index contributed by atoms with van der Waals surface area (Å²) < 4.78 is 40.6. The predicted molar refractivity (Wildman–Crippen MR) is 108 cm³/mol. The molecule has 0 bridgehead atoms. The van der Waals surface area contributed by atoms with Gasteiger partial charge in [0.05, 0.1) is 19.1 Å². The summed E-state index contributed by atoms with van der Waals surface area (Å²) in [7, 11) is -0.549. The Hall–Kier alpha value is -2.13. The third-order valence-corrected chi connectivity index (χ3v) is 7.84. The number of fused-ring (bicyclic) bond motifs is 1. The van der Waals surface area contributed by atoms with Crippen LogP contribution in [-0.4, -0.2) is 54.8 Å². The molecular weight excluding hydrogens is 392 g/mol. The Bertz CT molecular complexity index is 965. The monoisotopic (exact) mass is 420 g/mol. The highest BCUT2D eigenvalue weighted by molar-refractivity contribution is 7.89. The van der Waals surface area contributed by atoms with Crippen LogP contribution in [0.5, 0.6) is 11.5 Å². The summed E-state index contributed by atoms with van der Waals surface area (Å²) in [6, 6.07) is 4.73. The lowest BCUT2D eigenvalue weighted by Crippen LogP contribution is -2.38. The summed E-state index contributed by atoms with van der Waals surface area (Å²) in [4.78, 5) is 0.227. The van der Waals surface area contributed by atoms with Gasteiger partial charge in [-0.15, -0.1) is 10.2 Å². The molecule has 1 fully saturated rings. The van der Waals surface area contributed by atoms with Gasteiger partial charge in [0.2, 0.25) is 10.0 Å². The van der Waals surface area contributed by atoms with Crippen LogP contribution >= 0.6 is 0 Å². The number of rotatable bonds is 5. The van der Waals surface area contributed by atoms with Gasteiger partial charge in [0.1, 0.15) is 11.6 Å². The highest BCUT2D eigenvalue weighted by atomic mass is 32.2. The number of methoxy groups -OCH3 is 2. The average molecular weight is 421 g/mol. The molecular formula is C20H28N4O4S. The third kappa shape index (κ3) is 3.85. The number of aryl methyl sites for hydroxylation is 1. The molecule has 0 spiro atoms. The van der Waals surface area contributed by atoms with E-state index in [2.05, 4.69) is 14.8 Å². The molecule has 0 aliphatic carbocycles. The molecule has 0 atom stereocenters. The van der Waals surface area contributed by atoms with Crippen LogP contribution in [0.25, 0.3) is 0 Å². The Morgan fingerprint density at radius 1 is 0.966 bits per heavy atom. The molecule has 0 unspecified atom stereocenters. The summed E-state index contributed by atoms with van der Waals surface area (Å²) >= 11 is 0. The Morgan fingerprint density at radius 3 is 2.45 bits per heavy atom. The van der Waals surface area contributed by atoms with Crippen LogP contribution in [0, 0.1) is 0 Å². The summed E-state index contributed by atoms with van der Waals surface area (Å²) in [5.41, 5.74) is 0. The number of hydrogen-bond donors (Lipinski definition) is 0. The van der Waals surface area contributed by atoms with Crippen LogP contribution in [0.1, 0.15) is 49.7 Å². The van der Waals surface area contributed by atoms with Crippen molar-refractivity contribution in [1.82, 2.24) is 19.1 Å². The van der Waals surface area contributed by atoms with Gasteiger partial charge in [-0.05, 0) is 37.8 Å². The number of nitrogens with zero attached hydrogens (tertiary/aromatic N) is 4. The van der Waals surface area contributed by atoms with Crippen molar-refractivity contribution < 1.29 is 17.9 Å². The van der Waals surface area contributed by atoms with Gasteiger partial charge in [-0.25, -0.2) is 8.42 Å². The van der Waals surface area contributed by atoms with E-state index in [1.54, 1.807) is 16.4 Å². The largest absolute Gasteiger partial charge is 0.493 e. The van der Waals surface area contributed by atoms with Gasteiger partial charge in [0.15, 0.2) is 11.5 Å². The van der Waals surface area contributed by atoms with Crippen molar-refractivity contribution >= 4 is 10.0 Å². The molecule has 29 heavy (non-hydrogen) atoms. The van der Waals surface area contributed by atoms with Crippen LogP contribution in [0.3, 0.4) is 0 Å². The maximum absolute atomic E-state index is 13.1. The second-order valence-electron chi connectivity index (χ2n) is 7.63. The molecule has 2 aliphatic heterocycles. The Kier molecular flexibility index (Phi) is 5.78. The molecule has 9 heteroatoms. The quantitative estimate of drug-likeness (QED) is 0.739. The van der Waals surface area contributed by atoms with E-state index in [-0.39, 0.29) is 10.8 Å². The highest BCUT2D eigenvalue weighted by Crippen LogP contribution is 2.34. The average Bonchev–Trinajstić information content (AvgIpc) is 3.01. The molecule has 3 heterocycles. The number of aromatic nitrogens is 3. The fourth-order valence-corrected chi connectivity index (χ4v) is 5.78. The molecule has 1 aromatic carbocycles. The molecule has 4 rings (SSSR count). The van der Waals surface area contributed by atoms with Crippen LogP contribution < -0.4 is 9.47 Å². The standard InChI is InChI=1S/C20H28N4O4S/c1-27-17-8-7-16(14-18(17)28-2)29(25,26)23-12-9-15(10-13-23)20-22-21-19-6-4-3-5-11-24(19)20/h7-8,14-15H,3-6,9-13H2,1-2H3. The topological polar surface area (TPSA) is 86.6 Å². The normalized spacial score (nSPS) is 18.8. The van der Waals surface area contributed by atoms with Gasteiger partial charge in [0.25, 0.3) is 0 Å². The number of piperidine rings is 1. The van der Waals surface area contributed by atoms with Crippen LogP contribution in [0.15, 0.2) is 23.1 Å². The summed E-state index contributed by atoms with van der Waals surface area (Å²) in [5.74, 6) is 3.29. The molecule has 1 aromatic heterocycles. The zero-order valence-electron chi connectivity index (χ0n) is 17.0. The fraction of sp³-hybridized carbons (Fsp3) is 0.600. The van der Waals surface area contributed by atoms with E-state index >= 15 is 0 Å². The lowest BCUT2D eigenvalue weighted by atomic mass is 9.97. The van der Waals surface area contributed by atoms with Gasteiger partial charge in [-0.2, -0.15) is 4.31 Å². The minimum atomic E-state index is -3.58. The third-order valence-electron chi connectivity index (χ3n) is 5.95. The van der Waals surface area contributed by atoms with Crippen LogP contribution in [0.4, 0.5) is 0 Å². The van der Waals surface area contributed by atoms with Gasteiger partial charge in [-0.1, -0.05) is 6.42 Å². The van der Waals surface area contributed by atoms with E-state index in [0.717, 1.165) is 43.9 Å². The Balaban J connectivity index is 1.49. The maximum Gasteiger partial charge on any atom is 0.243 e. The SMILES string of the molecule is COc1ccc(S(=O)(=O)N2CCC(c3nnc4n3CCCCC4)CC2)cc1OC. The Labute approximate surface area is 171 Å². The molecule has 0 radical (unpaired) electrons. The van der Waals surface area contributed by atoms with Crippen LogP contribution in [0.2, 0.25) is 0 Å². The van der Waals surface area contributed by atoms with E-state index in [9.17, 15) is 8.42 Å². The lowest BCUT2D eigenvalue weighted by molar-refractivity contribution is 0.308. The zero-order valence-corrected chi connectivity index (χ0v) is 17.8. The molecule has 0 amide bonds. The summed E-state index contributed by atoms with van der Waals surface area (Å²) in [5, 5.41) is 8.86. The molecule has 1 saturated heterocycles. The fourth-order valence-electron chi connectivity index (χ4n) is 4.29. The van der Waals surface area contributed by atoms with Crippen molar-refractivity contribution in [3.8, 4) is 11.5 Å². The molecule has 8 nitrogen and oxygen atoms in total. The maximum atomic E-state index is 13.1. The predicted octanol–water partition coefficient (Wildman–Crippen LogP) is 2.59. The molecule has 0 saturated carbocycles. The van der Waals surface area contributed by atoms with E-state index in [1.807, 2.05) is 0 Å². The van der Waals surface area contributed by atoms with Crippen molar-refractivity contribution in [3.63, 3.8) is 0 Å². The molecule has 2 aliphatic rings. The van der Waals surface area contributed by atoms with Gasteiger partial charge < -0.3 is 14.0 Å². The van der Waals surface area contributed by atoms with E-state index < -0.39 is 10.0 Å².